The van der Waals surface area contributed by atoms with Crippen molar-refractivity contribution in [2.45, 2.75) is 19.0 Å². The fourth-order valence-corrected chi connectivity index (χ4v) is 4.10. The molecule has 0 bridgehead atoms. The SMILES string of the molecule is CCOC(=O)CN=C(NC(=O)c1ccc(Cl)cc1)N1CC(c2ccccc2)C(c2ccc(C(F)(F)F)cc2)=N1. The van der Waals surface area contributed by atoms with Crippen LogP contribution in [0.2, 0.25) is 5.02 Å². The van der Waals surface area contributed by atoms with Crippen molar-refractivity contribution >= 4 is 35.1 Å². The molecule has 0 fully saturated rings. The largest absolute Gasteiger partial charge is 0.465 e. The Bertz CT molecular complexity index is 1380. The molecule has 0 aromatic heterocycles. The zero-order chi connectivity index (χ0) is 28.0. The average molecular weight is 557 g/mol. The van der Waals surface area contributed by atoms with Gasteiger partial charge in [0.2, 0.25) is 5.96 Å². The zero-order valence-corrected chi connectivity index (χ0v) is 21.5. The maximum absolute atomic E-state index is 13.2. The fraction of sp³-hybridized carbons (Fsp3) is 0.214. The predicted molar refractivity (Wildman–Crippen MR) is 142 cm³/mol. The summed E-state index contributed by atoms with van der Waals surface area (Å²) in [6.07, 6.45) is -4.47. The molecular weight excluding hydrogens is 533 g/mol. The van der Waals surface area contributed by atoms with E-state index in [0.29, 0.717) is 21.9 Å². The standard InChI is InChI=1S/C28H24ClF3N4O3/c1-2-39-24(37)16-33-27(34-26(38)20-10-14-22(29)15-11-20)36-17-23(18-6-4-3-5-7-18)25(35-36)19-8-12-21(13-9-19)28(30,31)32/h3-15,23H,2,16-17H2,1H3,(H,33,34,38). The van der Waals surface area contributed by atoms with Gasteiger partial charge in [-0.05, 0) is 54.4 Å². The monoisotopic (exact) mass is 556 g/mol. The Morgan fingerprint density at radius 3 is 2.33 bits per heavy atom. The number of halogens is 4. The summed E-state index contributed by atoms with van der Waals surface area (Å²) in [7, 11) is 0. The number of alkyl halides is 3. The third-order valence-electron chi connectivity index (χ3n) is 5.86. The van der Waals surface area contributed by atoms with Crippen LogP contribution in [-0.4, -0.2) is 48.3 Å². The minimum atomic E-state index is -4.47. The summed E-state index contributed by atoms with van der Waals surface area (Å²) in [6.45, 7) is 1.66. The molecule has 7 nitrogen and oxygen atoms in total. The van der Waals surface area contributed by atoms with Crippen LogP contribution in [0.4, 0.5) is 13.2 Å². The second kappa shape index (κ2) is 12.1. The lowest BCUT2D eigenvalue weighted by atomic mass is 9.90. The molecule has 1 N–H and O–H groups in total. The molecule has 202 valence electrons. The molecule has 1 atom stereocenters. The summed E-state index contributed by atoms with van der Waals surface area (Å²) < 4.78 is 44.4. The van der Waals surface area contributed by atoms with Gasteiger partial charge < -0.3 is 4.74 Å². The van der Waals surface area contributed by atoms with Crippen molar-refractivity contribution in [1.82, 2.24) is 10.3 Å². The number of nitrogens with one attached hydrogen (secondary N) is 1. The van der Waals surface area contributed by atoms with Gasteiger partial charge in [-0.2, -0.15) is 18.3 Å². The number of carbonyl (C=O) groups excluding carboxylic acids is 2. The Labute approximate surface area is 227 Å². The number of hydrazone groups is 1. The maximum atomic E-state index is 13.2. The molecule has 39 heavy (non-hydrogen) atoms. The second-order valence-corrected chi connectivity index (χ2v) is 8.95. The number of benzene rings is 3. The molecule has 11 heteroatoms. The number of nitrogens with zero attached hydrogens (tertiary/aromatic N) is 3. The number of rotatable bonds is 6. The van der Waals surface area contributed by atoms with Crippen molar-refractivity contribution in [3.63, 3.8) is 0 Å². The summed E-state index contributed by atoms with van der Waals surface area (Å²) in [6, 6.07) is 20.2. The van der Waals surface area contributed by atoms with E-state index < -0.39 is 23.6 Å². The van der Waals surface area contributed by atoms with Gasteiger partial charge in [0.15, 0.2) is 0 Å². The van der Waals surface area contributed by atoms with Crippen LogP contribution in [0.5, 0.6) is 0 Å². The van der Waals surface area contributed by atoms with E-state index in [-0.39, 0.29) is 31.6 Å². The van der Waals surface area contributed by atoms with Gasteiger partial charge in [-0.1, -0.05) is 54.1 Å². The summed E-state index contributed by atoms with van der Waals surface area (Å²) in [5.41, 5.74) is 1.36. The molecule has 1 heterocycles. The Balaban J connectivity index is 1.70. The molecule has 1 unspecified atom stereocenters. The quantitative estimate of drug-likeness (QED) is 0.246. The van der Waals surface area contributed by atoms with Gasteiger partial charge in [-0.3, -0.25) is 14.9 Å². The van der Waals surface area contributed by atoms with E-state index in [0.717, 1.165) is 17.7 Å². The number of guanidine groups is 1. The highest BCUT2D eigenvalue weighted by atomic mass is 35.5. The molecule has 0 saturated carbocycles. The number of aliphatic imine (C=N–C) groups is 1. The van der Waals surface area contributed by atoms with E-state index >= 15 is 0 Å². The first kappa shape index (κ1) is 27.8. The predicted octanol–water partition coefficient (Wildman–Crippen LogP) is 5.51. The van der Waals surface area contributed by atoms with E-state index in [1.165, 1.54) is 29.3 Å². The van der Waals surface area contributed by atoms with Gasteiger partial charge in [-0.15, -0.1) is 0 Å². The van der Waals surface area contributed by atoms with Gasteiger partial charge in [0.25, 0.3) is 5.91 Å². The molecule has 4 rings (SSSR count). The lowest BCUT2D eigenvalue weighted by Crippen LogP contribution is -2.41. The smallest absolute Gasteiger partial charge is 0.416 e. The van der Waals surface area contributed by atoms with E-state index in [1.807, 2.05) is 30.3 Å². The first-order valence-corrected chi connectivity index (χ1v) is 12.4. The van der Waals surface area contributed by atoms with Crippen molar-refractivity contribution in [3.8, 4) is 0 Å². The topological polar surface area (TPSA) is 83.4 Å². The third kappa shape index (κ3) is 7.02. The lowest BCUT2D eigenvalue weighted by Gasteiger charge is -2.19. The number of hydrogen-bond acceptors (Lipinski definition) is 5. The Kier molecular flexibility index (Phi) is 8.65. The number of amides is 1. The molecule has 3 aromatic carbocycles. The van der Waals surface area contributed by atoms with Crippen LogP contribution in [-0.2, 0) is 15.7 Å². The molecule has 1 amide bonds. The molecule has 1 aliphatic heterocycles. The third-order valence-corrected chi connectivity index (χ3v) is 6.12. The fourth-order valence-electron chi connectivity index (χ4n) is 3.98. The number of carbonyl (C=O) groups is 2. The van der Waals surface area contributed by atoms with Crippen LogP contribution in [0.25, 0.3) is 0 Å². The second-order valence-electron chi connectivity index (χ2n) is 8.51. The van der Waals surface area contributed by atoms with Crippen molar-refractivity contribution in [2.75, 3.05) is 19.7 Å². The van der Waals surface area contributed by atoms with Crippen LogP contribution in [0, 0.1) is 0 Å². The molecular formula is C28H24ClF3N4O3. The molecule has 0 aliphatic carbocycles. The normalized spacial score (nSPS) is 15.6. The summed E-state index contributed by atoms with van der Waals surface area (Å²) in [5.74, 6) is -1.47. The Hall–Kier alpha value is -4.18. The highest BCUT2D eigenvalue weighted by Gasteiger charge is 2.34. The van der Waals surface area contributed by atoms with E-state index in [2.05, 4.69) is 15.4 Å². The van der Waals surface area contributed by atoms with Crippen molar-refractivity contribution < 1.29 is 27.5 Å². The van der Waals surface area contributed by atoms with Crippen LogP contribution >= 0.6 is 11.6 Å². The van der Waals surface area contributed by atoms with Crippen molar-refractivity contribution in [2.24, 2.45) is 10.1 Å². The molecule has 3 aromatic rings. The van der Waals surface area contributed by atoms with Gasteiger partial charge in [0, 0.05) is 16.5 Å². The molecule has 0 spiro atoms. The maximum Gasteiger partial charge on any atom is 0.416 e. The Morgan fingerprint density at radius 2 is 1.72 bits per heavy atom. The van der Waals surface area contributed by atoms with E-state index in [9.17, 15) is 22.8 Å². The zero-order valence-electron chi connectivity index (χ0n) is 20.8. The van der Waals surface area contributed by atoms with Crippen LogP contribution in [0.1, 0.15) is 39.9 Å². The first-order chi connectivity index (χ1) is 18.7. The van der Waals surface area contributed by atoms with Crippen molar-refractivity contribution in [1.29, 1.82) is 0 Å². The summed E-state index contributed by atoms with van der Waals surface area (Å²) in [5, 5.41) is 9.22. The number of hydrogen-bond donors (Lipinski definition) is 1. The van der Waals surface area contributed by atoms with Crippen LogP contribution in [0.15, 0.2) is 89.0 Å². The van der Waals surface area contributed by atoms with Crippen LogP contribution < -0.4 is 5.32 Å². The molecule has 0 radical (unpaired) electrons. The van der Waals surface area contributed by atoms with Crippen LogP contribution in [0.3, 0.4) is 0 Å². The molecule has 1 aliphatic rings. The highest BCUT2D eigenvalue weighted by molar-refractivity contribution is 6.30. The van der Waals surface area contributed by atoms with Gasteiger partial charge >= 0.3 is 12.1 Å². The average Bonchev–Trinajstić information content (AvgIpc) is 3.37. The minimum Gasteiger partial charge on any atom is -0.465 e. The highest BCUT2D eigenvalue weighted by Crippen LogP contribution is 2.32. The first-order valence-electron chi connectivity index (χ1n) is 12.0. The van der Waals surface area contributed by atoms with E-state index in [4.69, 9.17) is 16.3 Å². The number of esters is 1. The minimum absolute atomic E-state index is 0.00848. The summed E-state index contributed by atoms with van der Waals surface area (Å²) >= 11 is 5.93. The van der Waals surface area contributed by atoms with Gasteiger partial charge in [0.1, 0.15) is 6.54 Å². The molecule has 0 saturated heterocycles. The van der Waals surface area contributed by atoms with E-state index in [1.54, 1.807) is 19.1 Å². The van der Waals surface area contributed by atoms with Gasteiger partial charge in [-0.25, -0.2) is 10.0 Å². The lowest BCUT2D eigenvalue weighted by molar-refractivity contribution is -0.141. The number of ether oxygens (including phenoxy) is 1. The van der Waals surface area contributed by atoms with Crippen molar-refractivity contribution in [3.05, 3.63) is 106 Å². The Morgan fingerprint density at radius 1 is 1.05 bits per heavy atom. The summed E-state index contributed by atoms with van der Waals surface area (Å²) in [4.78, 5) is 29.3. The van der Waals surface area contributed by atoms with Gasteiger partial charge in [0.05, 0.1) is 24.4 Å².